The number of amides is 1. The van der Waals surface area contributed by atoms with Gasteiger partial charge in [-0.15, -0.1) is 0 Å². The molecule has 2 atom stereocenters. The van der Waals surface area contributed by atoms with Crippen LogP contribution >= 0.6 is 0 Å². The fraction of sp³-hybridized carbons (Fsp3) is 0.731. The van der Waals surface area contributed by atoms with Gasteiger partial charge in [0.2, 0.25) is 5.91 Å². The molecule has 0 aliphatic carbocycles. The normalized spacial score (nSPS) is 18.2. The van der Waals surface area contributed by atoms with Crippen molar-refractivity contribution < 1.29 is 18.7 Å². The maximum Gasteiger partial charge on any atom is 0.220 e. The van der Waals surface area contributed by atoms with Gasteiger partial charge in [-0.25, -0.2) is 0 Å². The maximum atomic E-state index is 13.0. The molecule has 2 aliphatic heterocycles. The Morgan fingerprint density at radius 3 is 2.45 bits per heavy atom. The SMILES string of the molecule is CCCCCCCC(=O)N[C@@H](CO[Si](C)(C)C)C(c1ccc2c(c1)OCCO2)N1CCCC1. The van der Waals surface area contributed by atoms with Gasteiger partial charge in [0.15, 0.2) is 19.8 Å². The second kappa shape index (κ2) is 12.8. The van der Waals surface area contributed by atoms with Gasteiger partial charge in [-0.1, -0.05) is 38.7 Å². The molecule has 1 amide bonds. The van der Waals surface area contributed by atoms with Gasteiger partial charge < -0.3 is 19.2 Å². The van der Waals surface area contributed by atoms with Crippen molar-refractivity contribution in [2.45, 2.75) is 90.0 Å². The Morgan fingerprint density at radius 2 is 1.76 bits per heavy atom. The third-order valence-electron chi connectivity index (χ3n) is 6.37. The molecule has 0 radical (unpaired) electrons. The summed E-state index contributed by atoms with van der Waals surface area (Å²) in [7, 11) is -1.74. The number of nitrogens with one attached hydrogen (secondary N) is 1. The minimum Gasteiger partial charge on any atom is -0.486 e. The average molecular weight is 477 g/mol. The molecule has 6 nitrogen and oxygen atoms in total. The number of benzene rings is 1. The zero-order chi connectivity index (χ0) is 23.7. The highest BCUT2D eigenvalue weighted by Gasteiger charge is 2.34. The number of fused-ring (bicyclic) bond motifs is 1. The Bertz CT molecular complexity index is 746. The van der Waals surface area contributed by atoms with Crippen molar-refractivity contribution in [2.75, 3.05) is 32.9 Å². The van der Waals surface area contributed by atoms with E-state index in [2.05, 4.69) is 48.9 Å². The summed E-state index contributed by atoms with van der Waals surface area (Å²) in [4.78, 5) is 15.5. The predicted molar refractivity (Wildman–Crippen MR) is 136 cm³/mol. The van der Waals surface area contributed by atoms with E-state index in [1.165, 1.54) is 32.1 Å². The van der Waals surface area contributed by atoms with E-state index in [1.54, 1.807) is 0 Å². The van der Waals surface area contributed by atoms with Crippen molar-refractivity contribution in [3.63, 3.8) is 0 Å². The Kier molecular flexibility index (Phi) is 10.1. The number of carbonyl (C=O) groups excluding carboxylic acids is 1. The summed E-state index contributed by atoms with van der Waals surface area (Å²) in [5.74, 6) is 1.74. The molecule has 7 heteroatoms. The lowest BCUT2D eigenvalue weighted by Gasteiger charge is -2.37. The molecule has 186 valence electrons. The zero-order valence-electron chi connectivity index (χ0n) is 21.2. The number of rotatable bonds is 13. The largest absolute Gasteiger partial charge is 0.486 e. The Hall–Kier alpha value is -1.57. The van der Waals surface area contributed by atoms with E-state index < -0.39 is 8.32 Å². The smallest absolute Gasteiger partial charge is 0.220 e. The fourth-order valence-electron chi connectivity index (χ4n) is 4.68. The molecule has 0 aromatic heterocycles. The van der Waals surface area contributed by atoms with Crippen LogP contribution in [0.15, 0.2) is 18.2 Å². The summed E-state index contributed by atoms with van der Waals surface area (Å²) in [6, 6.07) is 6.22. The van der Waals surface area contributed by atoms with Gasteiger partial charge >= 0.3 is 0 Å². The minimum atomic E-state index is -1.74. The molecule has 2 heterocycles. The highest BCUT2D eigenvalue weighted by Crippen LogP contribution is 2.36. The van der Waals surface area contributed by atoms with Gasteiger partial charge in [0.05, 0.1) is 18.7 Å². The lowest BCUT2D eigenvalue weighted by Crippen LogP contribution is -2.49. The van der Waals surface area contributed by atoms with Crippen LogP contribution in [0.4, 0.5) is 0 Å². The summed E-state index contributed by atoms with van der Waals surface area (Å²) < 4.78 is 18.0. The standard InChI is InChI=1S/C26H44N2O4Si/c1-5-6-7-8-9-12-25(29)27-22(20-32-33(2,3)4)26(28-15-10-11-16-28)21-13-14-23-24(19-21)31-18-17-30-23/h13-14,19,22,26H,5-12,15-18,20H2,1-4H3,(H,27,29)/t22-,26?/m0/s1. The van der Waals surface area contributed by atoms with Crippen molar-refractivity contribution in [3.05, 3.63) is 23.8 Å². The van der Waals surface area contributed by atoms with E-state index in [4.69, 9.17) is 13.9 Å². The summed E-state index contributed by atoms with van der Waals surface area (Å²) in [5.41, 5.74) is 1.16. The number of carbonyl (C=O) groups is 1. The lowest BCUT2D eigenvalue weighted by atomic mass is 9.97. The topological polar surface area (TPSA) is 60.0 Å². The van der Waals surface area contributed by atoms with Crippen LogP contribution in [0, 0.1) is 0 Å². The van der Waals surface area contributed by atoms with Gasteiger partial charge in [0.1, 0.15) is 13.2 Å². The molecule has 3 rings (SSSR count). The number of hydrogen-bond donors (Lipinski definition) is 1. The summed E-state index contributed by atoms with van der Waals surface area (Å²) in [6.45, 7) is 12.6. The Balaban J connectivity index is 1.78. The summed E-state index contributed by atoms with van der Waals surface area (Å²) in [5, 5.41) is 3.38. The van der Waals surface area contributed by atoms with Gasteiger partial charge in [0, 0.05) is 6.42 Å². The average Bonchev–Trinajstić information content (AvgIpc) is 3.31. The first-order valence-electron chi connectivity index (χ1n) is 12.9. The highest BCUT2D eigenvalue weighted by atomic mass is 28.4. The van der Waals surface area contributed by atoms with Crippen molar-refractivity contribution in [1.29, 1.82) is 0 Å². The molecule has 1 unspecified atom stereocenters. The monoisotopic (exact) mass is 476 g/mol. The third-order valence-corrected chi connectivity index (χ3v) is 7.41. The minimum absolute atomic E-state index is 0.0590. The summed E-state index contributed by atoms with van der Waals surface area (Å²) >= 11 is 0. The van der Waals surface area contributed by atoms with E-state index in [-0.39, 0.29) is 18.0 Å². The van der Waals surface area contributed by atoms with Crippen LogP contribution < -0.4 is 14.8 Å². The van der Waals surface area contributed by atoms with Crippen molar-refractivity contribution >= 4 is 14.2 Å². The second-order valence-electron chi connectivity index (χ2n) is 10.4. The quantitative estimate of drug-likeness (QED) is 0.310. The highest BCUT2D eigenvalue weighted by molar-refractivity contribution is 6.69. The van der Waals surface area contributed by atoms with Gasteiger partial charge in [-0.05, 0) is 69.7 Å². The van der Waals surface area contributed by atoms with Gasteiger partial charge in [-0.3, -0.25) is 9.69 Å². The number of likely N-dealkylation sites (tertiary alicyclic amines) is 1. The van der Waals surface area contributed by atoms with E-state index in [1.807, 2.05) is 6.07 Å². The predicted octanol–water partition coefficient (Wildman–Crippen LogP) is 5.29. The molecule has 1 N–H and O–H groups in total. The molecule has 1 aromatic rings. The van der Waals surface area contributed by atoms with E-state index in [9.17, 15) is 4.79 Å². The van der Waals surface area contributed by atoms with Crippen LogP contribution in [0.3, 0.4) is 0 Å². The number of unbranched alkanes of at least 4 members (excludes halogenated alkanes) is 4. The van der Waals surface area contributed by atoms with Crippen molar-refractivity contribution in [3.8, 4) is 11.5 Å². The van der Waals surface area contributed by atoms with Gasteiger partial charge in [-0.2, -0.15) is 0 Å². The van der Waals surface area contributed by atoms with Crippen molar-refractivity contribution in [2.24, 2.45) is 0 Å². The first kappa shape index (κ1) is 26.0. The summed E-state index contributed by atoms with van der Waals surface area (Å²) in [6.07, 6.45) is 8.70. The first-order chi connectivity index (χ1) is 15.9. The van der Waals surface area contributed by atoms with Gasteiger partial charge in [0.25, 0.3) is 0 Å². The first-order valence-corrected chi connectivity index (χ1v) is 16.3. The Labute approximate surface area is 201 Å². The molecule has 1 aromatic carbocycles. The number of nitrogens with zero attached hydrogens (tertiary/aromatic N) is 1. The third kappa shape index (κ3) is 8.30. The zero-order valence-corrected chi connectivity index (χ0v) is 22.2. The van der Waals surface area contributed by atoms with E-state index >= 15 is 0 Å². The maximum absolute atomic E-state index is 13.0. The molecule has 0 saturated carbocycles. The molecule has 1 saturated heterocycles. The van der Waals surface area contributed by atoms with Crippen LogP contribution in [0.1, 0.15) is 69.9 Å². The number of ether oxygens (including phenoxy) is 2. The van der Waals surface area contributed by atoms with Crippen LogP contribution in [-0.4, -0.2) is 58.1 Å². The van der Waals surface area contributed by atoms with E-state index in [0.29, 0.717) is 26.2 Å². The molecule has 2 aliphatic rings. The molecule has 1 fully saturated rings. The van der Waals surface area contributed by atoms with Crippen LogP contribution in [-0.2, 0) is 9.22 Å². The fourth-order valence-corrected chi connectivity index (χ4v) is 5.36. The molecule has 0 bridgehead atoms. The van der Waals surface area contributed by atoms with Crippen LogP contribution in [0.5, 0.6) is 11.5 Å². The Morgan fingerprint density at radius 1 is 1.06 bits per heavy atom. The van der Waals surface area contributed by atoms with E-state index in [0.717, 1.165) is 43.0 Å². The number of hydrogen-bond acceptors (Lipinski definition) is 5. The second-order valence-corrected chi connectivity index (χ2v) is 14.9. The van der Waals surface area contributed by atoms with Crippen molar-refractivity contribution in [1.82, 2.24) is 10.2 Å². The van der Waals surface area contributed by atoms with Crippen LogP contribution in [0.25, 0.3) is 0 Å². The molecular formula is C26H44N2O4Si. The lowest BCUT2D eigenvalue weighted by molar-refractivity contribution is -0.122. The molecule has 33 heavy (non-hydrogen) atoms. The molecular weight excluding hydrogens is 432 g/mol. The molecule has 0 spiro atoms. The van der Waals surface area contributed by atoms with Crippen LogP contribution in [0.2, 0.25) is 19.6 Å².